The number of unbranched alkanes of at least 4 members (excludes halogenated alkanes) is 1. The van der Waals surface area contributed by atoms with E-state index in [1.807, 2.05) is 0 Å². The van der Waals surface area contributed by atoms with Crippen LogP contribution in [0, 0.1) is 11.8 Å². The van der Waals surface area contributed by atoms with Crippen LogP contribution < -0.4 is 0 Å². The maximum Gasteiger partial charge on any atom is -0.0145 e. The average molecular weight is 304 g/mol. The molecule has 0 saturated carbocycles. The zero-order valence-electron chi connectivity index (χ0n) is 14.7. The number of hydrogen-bond acceptors (Lipinski definition) is 0. The Morgan fingerprint density at radius 2 is 1.52 bits per heavy atom. The minimum Gasteiger partial charge on any atom is -0.0654 e. The van der Waals surface area contributed by atoms with E-state index in [4.69, 9.17) is 0 Å². The second-order valence-corrected chi connectivity index (χ2v) is 7.19. The van der Waals surface area contributed by atoms with E-state index in [0.717, 1.165) is 11.8 Å². The van der Waals surface area contributed by atoms with Crippen LogP contribution in [0.15, 0.2) is 54.6 Å². The normalized spacial score (nSPS) is 13.0. The predicted molar refractivity (Wildman–Crippen MR) is 103 cm³/mol. The van der Waals surface area contributed by atoms with Crippen LogP contribution in [0.25, 0.3) is 21.5 Å². The molecule has 3 aromatic carbocycles. The molecule has 0 amide bonds. The van der Waals surface area contributed by atoms with E-state index in [-0.39, 0.29) is 0 Å². The molecule has 1 unspecified atom stereocenters. The van der Waals surface area contributed by atoms with Crippen molar-refractivity contribution < 1.29 is 0 Å². The topological polar surface area (TPSA) is 0 Å². The third-order valence-corrected chi connectivity index (χ3v) is 5.19. The standard InChI is InChI=1S/C23H28/c1-4-5-9-18(17(2)3)14-21-12-8-13-22-15-19-10-6-7-11-20(19)16-23(21)22/h6-8,10-13,15-18H,4-5,9,14H2,1-3H3. The summed E-state index contributed by atoms with van der Waals surface area (Å²) < 4.78 is 0. The molecule has 120 valence electrons. The molecule has 0 N–H and O–H groups in total. The van der Waals surface area contributed by atoms with Crippen molar-refractivity contribution in [2.24, 2.45) is 11.8 Å². The van der Waals surface area contributed by atoms with Gasteiger partial charge in [0.05, 0.1) is 0 Å². The van der Waals surface area contributed by atoms with Gasteiger partial charge in [-0.1, -0.05) is 76.1 Å². The van der Waals surface area contributed by atoms with E-state index in [1.54, 1.807) is 0 Å². The summed E-state index contributed by atoms with van der Waals surface area (Å²) in [4.78, 5) is 0. The Kier molecular flexibility index (Phi) is 5.00. The van der Waals surface area contributed by atoms with Crippen LogP contribution in [0.1, 0.15) is 45.6 Å². The van der Waals surface area contributed by atoms with Crippen LogP contribution in [-0.4, -0.2) is 0 Å². The molecule has 0 heterocycles. The Balaban J connectivity index is 2.01. The molecule has 0 radical (unpaired) electrons. The van der Waals surface area contributed by atoms with Gasteiger partial charge in [0.25, 0.3) is 0 Å². The molecule has 0 aliphatic heterocycles. The number of rotatable bonds is 6. The Morgan fingerprint density at radius 3 is 2.22 bits per heavy atom. The molecule has 0 heteroatoms. The van der Waals surface area contributed by atoms with Crippen molar-refractivity contribution in [1.29, 1.82) is 0 Å². The summed E-state index contributed by atoms with van der Waals surface area (Å²) in [5.41, 5.74) is 1.52. The highest BCUT2D eigenvalue weighted by molar-refractivity contribution is 5.99. The Hall–Kier alpha value is -1.82. The predicted octanol–water partition coefficient (Wildman–Crippen LogP) is 7.00. The molecule has 1 atom stereocenters. The first-order valence-corrected chi connectivity index (χ1v) is 9.09. The lowest BCUT2D eigenvalue weighted by Gasteiger charge is -2.22. The molecule has 0 spiro atoms. The zero-order chi connectivity index (χ0) is 16.2. The molecule has 0 nitrogen and oxygen atoms in total. The SMILES string of the molecule is CCCCC(Cc1cccc2cc3ccccc3cc12)C(C)C. The molecule has 0 aliphatic carbocycles. The van der Waals surface area contributed by atoms with Crippen LogP contribution in [0.2, 0.25) is 0 Å². The van der Waals surface area contributed by atoms with Crippen LogP contribution in [0.5, 0.6) is 0 Å². The molecular formula is C23H28. The first-order valence-electron chi connectivity index (χ1n) is 9.09. The fourth-order valence-electron chi connectivity index (χ4n) is 3.63. The zero-order valence-corrected chi connectivity index (χ0v) is 14.7. The van der Waals surface area contributed by atoms with Crippen molar-refractivity contribution in [3.8, 4) is 0 Å². The lowest BCUT2D eigenvalue weighted by molar-refractivity contribution is 0.348. The molecule has 0 aromatic heterocycles. The Labute approximate surface area is 140 Å². The van der Waals surface area contributed by atoms with E-state index in [0.29, 0.717) is 0 Å². The van der Waals surface area contributed by atoms with Crippen molar-refractivity contribution in [2.75, 3.05) is 0 Å². The van der Waals surface area contributed by atoms with E-state index >= 15 is 0 Å². The highest BCUT2D eigenvalue weighted by Gasteiger charge is 2.15. The average Bonchev–Trinajstić information content (AvgIpc) is 2.56. The van der Waals surface area contributed by atoms with Crippen molar-refractivity contribution in [3.05, 3.63) is 60.2 Å². The molecule has 23 heavy (non-hydrogen) atoms. The summed E-state index contributed by atoms with van der Waals surface area (Å²) >= 11 is 0. The Morgan fingerprint density at radius 1 is 0.826 bits per heavy atom. The molecule has 0 aliphatic rings. The molecule has 0 fully saturated rings. The van der Waals surface area contributed by atoms with Crippen LogP contribution >= 0.6 is 0 Å². The fourth-order valence-corrected chi connectivity index (χ4v) is 3.63. The van der Waals surface area contributed by atoms with Gasteiger partial charge in [0, 0.05) is 0 Å². The van der Waals surface area contributed by atoms with Gasteiger partial charge in [0.1, 0.15) is 0 Å². The number of fused-ring (bicyclic) bond motifs is 2. The van der Waals surface area contributed by atoms with E-state index in [1.165, 1.54) is 52.8 Å². The van der Waals surface area contributed by atoms with Crippen molar-refractivity contribution in [3.63, 3.8) is 0 Å². The fraction of sp³-hybridized carbons (Fsp3) is 0.391. The van der Waals surface area contributed by atoms with Gasteiger partial charge < -0.3 is 0 Å². The second kappa shape index (κ2) is 7.17. The maximum absolute atomic E-state index is 2.39. The smallest absolute Gasteiger partial charge is 0.0145 e. The highest BCUT2D eigenvalue weighted by Crippen LogP contribution is 2.30. The van der Waals surface area contributed by atoms with Crippen molar-refractivity contribution >= 4 is 21.5 Å². The summed E-state index contributed by atoms with van der Waals surface area (Å²) in [5.74, 6) is 1.53. The molecule has 3 rings (SSSR count). The van der Waals surface area contributed by atoms with Crippen molar-refractivity contribution in [1.82, 2.24) is 0 Å². The van der Waals surface area contributed by atoms with Gasteiger partial charge in [0.2, 0.25) is 0 Å². The third kappa shape index (κ3) is 3.58. The minimum atomic E-state index is 0.747. The first kappa shape index (κ1) is 16.1. The number of hydrogen-bond donors (Lipinski definition) is 0. The van der Waals surface area contributed by atoms with Gasteiger partial charge in [-0.25, -0.2) is 0 Å². The maximum atomic E-state index is 2.39. The van der Waals surface area contributed by atoms with Gasteiger partial charge >= 0.3 is 0 Å². The lowest BCUT2D eigenvalue weighted by Crippen LogP contribution is -2.12. The van der Waals surface area contributed by atoms with Gasteiger partial charge in [0.15, 0.2) is 0 Å². The Bertz CT molecular complexity index is 782. The second-order valence-electron chi connectivity index (χ2n) is 7.19. The molecule has 0 bridgehead atoms. The summed E-state index contributed by atoms with van der Waals surface area (Å²) in [6.07, 6.45) is 5.19. The quantitative estimate of drug-likeness (QED) is 0.430. The van der Waals surface area contributed by atoms with Gasteiger partial charge in [-0.3, -0.25) is 0 Å². The summed E-state index contributed by atoms with van der Waals surface area (Å²) in [6.45, 7) is 7.04. The van der Waals surface area contributed by atoms with Gasteiger partial charge in [-0.05, 0) is 63.9 Å². The van der Waals surface area contributed by atoms with E-state index in [9.17, 15) is 0 Å². The first-order chi connectivity index (χ1) is 11.2. The van der Waals surface area contributed by atoms with Gasteiger partial charge in [-0.2, -0.15) is 0 Å². The van der Waals surface area contributed by atoms with Gasteiger partial charge in [-0.15, -0.1) is 0 Å². The van der Waals surface area contributed by atoms with Crippen molar-refractivity contribution in [2.45, 2.75) is 46.5 Å². The summed E-state index contributed by atoms with van der Waals surface area (Å²) in [5, 5.41) is 5.50. The third-order valence-electron chi connectivity index (χ3n) is 5.19. The summed E-state index contributed by atoms with van der Waals surface area (Å²) in [6, 6.07) is 20.2. The van der Waals surface area contributed by atoms with E-state index < -0.39 is 0 Å². The largest absolute Gasteiger partial charge is 0.0654 e. The van der Waals surface area contributed by atoms with Crippen LogP contribution in [-0.2, 0) is 6.42 Å². The lowest BCUT2D eigenvalue weighted by atomic mass is 9.84. The minimum absolute atomic E-state index is 0.747. The van der Waals surface area contributed by atoms with Crippen LogP contribution in [0.3, 0.4) is 0 Å². The monoisotopic (exact) mass is 304 g/mol. The summed E-state index contributed by atoms with van der Waals surface area (Å²) in [7, 11) is 0. The molecule has 0 saturated heterocycles. The number of benzene rings is 3. The highest BCUT2D eigenvalue weighted by atomic mass is 14.2. The van der Waals surface area contributed by atoms with E-state index in [2.05, 4.69) is 75.4 Å². The van der Waals surface area contributed by atoms with Crippen LogP contribution in [0.4, 0.5) is 0 Å². The molecule has 3 aromatic rings. The molecular weight excluding hydrogens is 276 g/mol.